The van der Waals surface area contributed by atoms with Crippen LogP contribution >= 0.6 is 0 Å². The lowest BCUT2D eigenvalue weighted by Crippen LogP contribution is -2.33. The van der Waals surface area contributed by atoms with Gasteiger partial charge in [0.15, 0.2) is 5.78 Å². The molecular formula is C19H22O3. The molecule has 0 fully saturated rings. The molecule has 0 radical (unpaired) electrons. The highest BCUT2D eigenvalue weighted by atomic mass is 16.5. The first kappa shape index (κ1) is 15.0. The number of ether oxygens (including phenoxy) is 1. The monoisotopic (exact) mass is 298 g/mol. The van der Waals surface area contributed by atoms with Crippen LogP contribution in [0.4, 0.5) is 0 Å². The van der Waals surface area contributed by atoms with Crippen LogP contribution < -0.4 is 0 Å². The van der Waals surface area contributed by atoms with Crippen molar-refractivity contribution in [3.63, 3.8) is 0 Å². The maximum Gasteiger partial charge on any atom is 0.311 e. The SMILES string of the molecule is CCc1ccc([C@@H]2CC(=O)OC3=C2C(=O)CC(C)(C)C3)cc1. The summed E-state index contributed by atoms with van der Waals surface area (Å²) in [6.45, 7) is 6.20. The van der Waals surface area contributed by atoms with Crippen LogP contribution in [-0.4, -0.2) is 11.8 Å². The number of hydrogen-bond donors (Lipinski definition) is 0. The van der Waals surface area contributed by atoms with Crippen molar-refractivity contribution >= 4 is 11.8 Å². The summed E-state index contributed by atoms with van der Waals surface area (Å²) >= 11 is 0. The van der Waals surface area contributed by atoms with Crippen molar-refractivity contribution in [2.24, 2.45) is 5.41 Å². The minimum atomic E-state index is -0.228. The molecule has 0 N–H and O–H groups in total. The van der Waals surface area contributed by atoms with E-state index in [0.29, 0.717) is 18.6 Å². The number of carbonyl (C=O) groups is 2. The van der Waals surface area contributed by atoms with Crippen molar-refractivity contribution in [3.8, 4) is 0 Å². The molecule has 1 aromatic rings. The Morgan fingerprint density at radius 1 is 1.14 bits per heavy atom. The number of ketones is 1. The fourth-order valence-corrected chi connectivity index (χ4v) is 3.48. The van der Waals surface area contributed by atoms with E-state index in [2.05, 4.69) is 19.1 Å². The molecule has 1 aliphatic heterocycles. The molecule has 22 heavy (non-hydrogen) atoms. The fourth-order valence-electron chi connectivity index (χ4n) is 3.48. The predicted octanol–water partition coefficient (Wildman–Crippen LogP) is 3.92. The van der Waals surface area contributed by atoms with Crippen molar-refractivity contribution in [1.29, 1.82) is 0 Å². The summed E-state index contributed by atoms with van der Waals surface area (Å²) in [4.78, 5) is 24.6. The standard InChI is InChI=1S/C19H22O3/c1-4-12-5-7-13(8-6-12)14-9-17(21)22-16-11-19(2,3)10-15(20)18(14)16/h5-8,14H,4,9-11H2,1-3H3/t14-/m0/s1. The third kappa shape index (κ3) is 2.72. The Bertz CT molecular complexity index is 650. The number of allylic oxidation sites excluding steroid dienone is 2. The van der Waals surface area contributed by atoms with Crippen molar-refractivity contribution < 1.29 is 14.3 Å². The number of rotatable bonds is 2. The van der Waals surface area contributed by atoms with Crippen LogP contribution in [0.15, 0.2) is 35.6 Å². The van der Waals surface area contributed by atoms with Gasteiger partial charge in [-0.3, -0.25) is 9.59 Å². The van der Waals surface area contributed by atoms with E-state index in [4.69, 9.17) is 4.74 Å². The molecule has 0 saturated heterocycles. The Kier molecular flexibility index (Phi) is 3.67. The number of hydrogen-bond acceptors (Lipinski definition) is 3. The van der Waals surface area contributed by atoms with E-state index in [0.717, 1.165) is 17.6 Å². The molecular weight excluding hydrogens is 276 g/mol. The Labute approximate surface area is 131 Å². The van der Waals surface area contributed by atoms with Crippen molar-refractivity contribution in [1.82, 2.24) is 0 Å². The van der Waals surface area contributed by atoms with Crippen LogP contribution in [0.25, 0.3) is 0 Å². The highest BCUT2D eigenvalue weighted by Crippen LogP contribution is 2.45. The summed E-state index contributed by atoms with van der Waals surface area (Å²) in [5.41, 5.74) is 2.88. The normalized spacial score (nSPS) is 24.0. The lowest BCUT2D eigenvalue weighted by Gasteiger charge is -2.36. The summed E-state index contributed by atoms with van der Waals surface area (Å²) in [6, 6.07) is 8.24. The smallest absolute Gasteiger partial charge is 0.311 e. The Hall–Kier alpha value is -1.90. The molecule has 3 nitrogen and oxygen atoms in total. The van der Waals surface area contributed by atoms with Gasteiger partial charge >= 0.3 is 5.97 Å². The average Bonchev–Trinajstić information content (AvgIpc) is 2.44. The van der Waals surface area contributed by atoms with Gasteiger partial charge in [-0.25, -0.2) is 0 Å². The maximum atomic E-state index is 12.6. The molecule has 1 aliphatic carbocycles. The largest absolute Gasteiger partial charge is 0.431 e. The topological polar surface area (TPSA) is 43.4 Å². The average molecular weight is 298 g/mol. The number of carbonyl (C=O) groups excluding carboxylic acids is 2. The predicted molar refractivity (Wildman–Crippen MR) is 84.3 cm³/mol. The number of esters is 1. The van der Waals surface area contributed by atoms with Gasteiger partial charge in [0.1, 0.15) is 5.76 Å². The summed E-state index contributed by atoms with van der Waals surface area (Å²) in [7, 11) is 0. The molecule has 0 bridgehead atoms. The summed E-state index contributed by atoms with van der Waals surface area (Å²) in [5.74, 6) is 0.352. The zero-order valence-corrected chi connectivity index (χ0v) is 13.4. The first-order chi connectivity index (χ1) is 10.4. The Morgan fingerprint density at radius 3 is 2.45 bits per heavy atom. The van der Waals surface area contributed by atoms with Gasteiger partial charge in [-0.15, -0.1) is 0 Å². The lowest BCUT2D eigenvalue weighted by atomic mass is 9.71. The fraction of sp³-hybridized carbons (Fsp3) is 0.474. The molecule has 3 rings (SSSR count). The van der Waals surface area contributed by atoms with E-state index in [1.165, 1.54) is 5.56 Å². The third-order valence-electron chi connectivity index (χ3n) is 4.63. The molecule has 0 aromatic heterocycles. The quantitative estimate of drug-likeness (QED) is 0.777. The van der Waals surface area contributed by atoms with Crippen molar-refractivity contribution in [3.05, 3.63) is 46.7 Å². The molecule has 116 valence electrons. The van der Waals surface area contributed by atoms with Gasteiger partial charge in [-0.05, 0) is 23.0 Å². The summed E-state index contributed by atoms with van der Waals surface area (Å²) in [6.07, 6.45) is 2.42. The zero-order valence-electron chi connectivity index (χ0n) is 13.4. The maximum absolute atomic E-state index is 12.6. The Balaban J connectivity index is 2.02. The van der Waals surface area contributed by atoms with E-state index in [9.17, 15) is 9.59 Å². The molecule has 1 heterocycles. The second kappa shape index (κ2) is 5.38. The molecule has 2 aliphatic rings. The van der Waals surface area contributed by atoms with Gasteiger partial charge in [0.2, 0.25) is 0 Å². The second-order valence-electron chi connectivity index (χ2n) is 7.10. The number of benzene rings is 1. The second-order valence-corrected chi connectivity index (χ2v) is 7.10. The molecule has 0 spiro atoms. The highest BCUT2D eigenvalue weighted by Gasteiger charge is 2.41. The van der Waals surface area contributed by atoms with Gasteiger partial charge in [0, 0.05) is 24.3 Å². The summed E-state index contributed by atoms with van der Waals surface area (Å²) in [5, 5.41) is 0. The molecule has 1 aromatic carbocycles. The molecule has 1 atom stereocenters. The van der Waals surface area contributed by atoms with Gasteiger partial charge in [-0.2, -0.15) is 0 Å². The van der Waals surface area contributed by atoms with Crippen LogP contribution in [0.2, 0.25) is 0 Å². The van der Waals surface area contributed by atoms with E-state index in [1.54, 1.807) is 0 Å². The first-order valence-electron chi connectivity index (χ1n) is 7.95. The highest BCUT2D eigenvalue weighted by molar-refractivity contribution is 6.00. The van der Waals surface area contributed by atoms with Crippen LogP contribution in [0.3, 0.4) is 0 Å². The van der Waals surface area contributed by atoms with Gasteiger partial charge in [-0.1, -0.05) is 45.0 Å². The number of aryl methyl sites for hydroxylation is 1. The van der Waals surface area contributed by atoms with Crippen molar-refractivity contribution in [2.75, 3.05) is 0 Å². The van der Waals surface area contributed by atoms with Crippen molar-refractivity contribution in [2.45, 2.75) is 52.4 Å². The molecule has 0 amide bonds. The minimum Gasteiger partial charge on any atom is -0.431 e. The van der Waals surface area contributed by atoms with Crippen LogP contribution in [0.5, 0.6) is 0 Å². The van der Waals surface area contributed by atoms with Crippen LogP contribution in [0.1, 0.15) is 57.1 Å². The van der Waals surface area contributed by atoms with Gasteiger partial charge in [0.05, 0.1) is 6.42 Å². The van der Waals surface area contributed by atoms with Crippen LogP contribution in [0, 0.1) is 5.41 Å². The molecule has 0 saturated carbocycles. The zero-order chi connectivity index (χ0) is 15.9. The number of Topliss-reactive ketones (excluding diaryl/α,β-unsaturated/α-hetero) is 1. The third-order valence-corrected chi connectivity index (χ3v) is 4.63. The minimum absolute atomic E-state index is 0.128. The van der Waals surface area contributed by atoms with Gasteiger partial charge < -0.3 is 4.74 Å². The molecule has 0 unspecified atom stereocenters. The van der Waals surface area contributed by atoms with E-state index >= 15 is 0 Å². The molecule has 3 heteroatoms. The van der Waals surface area contributed by atoms with Gasteiger partial charge in [0.25, 0.3) is 0 Å². The lowest BCUT2D eigenvalue weighted by molar-refractivity contribution is -0.142. The van der Waals surface area contributed by atoms with E-state index in [1.807, 2.05) is 26.0 Å². The summed E-state index contributed by atoms with van der Waals surface area (Å²) < 4.78 is 5.41. The first-order valence-corrected chi connectivity index (χ1v) is 7.95. The van der Waals surface area contributed by atoms with Crippen LogP contribution in [-0.2, 0) is 20.7 Å². The Morgan fingerprint density at radius 2 is 1.82 bits per heavy atom. The van der Waals surface area contributed by atoms with E-state index in [-0.39, 0.29) is 29.5 Å². The van der Waals surface area contributed by atoms with E-state index < -0.39 is 0 Å².